The Bertz CT molecular complexity index is 555. The van der Waals surface area contributed by atoms with Crippen LogP contribution in [0.25, 0.3) is 0 Å². The number of rotatable bonds is 4. The number of hydrogen-bond donors (Lipinski definition) is 0. The van der Waals surface area contributed by atoms with Gasteiger partial charge in [0.1, 0.15) is 0 Å². The molecule has 0 aliphatic rings. The molecule has 0 atom stereocenters. The molecule has 92 valence electrons. The van der Waals surface area contributed by atoms with Crippen molar-refractivity contribution in [3.8, 4) is 5.88 Å². The van der Waals surface area contributed by atoms with Gasteiger partial charge in [-0.3, -0.25) is 4.79 Å². The number of methoxy groups -OCH3 is 1. The number of aromatic nitrogens is 2. The number of halogens is 1. The minimum atomic E-state index is 0.00997. The molecule has 0 saturated heterocycles. The summed E-state index contributed by atoms with van der Waals surface area (Å²) in [5, 5.41) is 7.76. The molecule has 0 radical (unpaired) electrons. The van der Waals surface area contributed by atoms with E-state index in [2.05, 4.69) is 26.1 Å². The van der Waals surface area contributed by atoms with Crippen LogP contribution >= 0.6 is 15.9 Å². The fourth-order valence-corrected chi connectivity index (χ4v) is 1.88. The molecule has 1 heterocycles. The number of Topliss-reactive ketones (excluding diaryl/α,β-unsaturated/α-hetero) is 1. The highest BCUT2D eigenvalue weighted by Gasteiger charge is 2.09. The van der Waals surface area contributed by atoms with E-state index < -0.39 is 0 Å². The van der Waals surface area contributed by atoms with Gasteiger partial charge in [0.15, 0.2) is 5.78 Å². The molecule has 5 heteroatoms. The number of benzene rings is 1. The Kier molecular flexibility index (Phi) is 4.04. The minimum Gasteiger partial charge on any atom is -0.480 e. The van der Waals surface area contributed by atoms with Crippen LogP contribution in [0.3, 0.4) is 0 Å². The van der Waals surface area contributed by atoms with Crippen molar-refractivity contribution >= 4 is 21.7 Å². The maximum atomic E-state index is 12.0. The highest BCUT2D eigenvalue weighted by atomic mass is 79.9. The molecule has 0 saturated carbocycles. The van der Waals surface area contributed by atoms with E-state index in [9.17, 15) is 4.79 Å². The number of nitrogens with zero attached hydrogens (tertiary/aromatic N) is 2. The third-order valence-electron chi connectivity index (χ3n) is 2.39. The van der Waals surface area contributed by atoms with Crippen LogP contribution in [0, 0.1) is 0 Å². The van der Waals surface area contributed by atoms with Gasteiger partial charge >= 0.3 is 0 Å². The van der Waals surface area contributed by atoms with Gasteiger partial charge in [-0.05, 0) is 18.2 Å². The molecule has 1 aromatic carbocycles. The lowest BCUT2D eigenvalue weighted by Gasteiger charge is -2.02. The van der Waals surface area contributed by atoms with E-state index >= 15 is 0 Å². The summed E-state index contributed by atoms with van der Waals surface area (Å²) in [6.45, 7) is 0. The summed E-state index contributed by atoms with van der Waals surface area (Å²) in [5.74, 6) is 0.449. The molecular formula is C13H11BrN2O2. The van der Waals surface area contributed by atoms with Crippen molar-refractivity contribution in [2.45, 2.75) is 6.42 Å². The standard InChI is InChI=1S/C13H11BrN2O2/c1-18-13-6-5-11(15-16-13)8-12(17)9-3-2-4-10(14)7-9/h2-7H,8H2,1H3. The van der Waals surface area contributed by atoms with Crippen LogP contribution in [0.1, 0.15) is 16.1 Å². The van der Waals surface area contributed by atoms with E-state index in [-0.39, 0.29) is 12.2 Å². The van der Waals surface area contributed by atoms with Gasteiger partial charge in [0.05, 0.1) is 19.2 Å². The first-order valence-corrected chi connectivity index (χ1v) is 6.13. The quantitative estimate of drug-likeness (QED) is 0.815. The summed E-state index contributed by atoms with van der Waals surface area (Å²) < 4.78 is 5.79. The van der Waals surface area contributed by atoms with Crippen molar-refractivity contribution in [3.63, 3.8) is 0 Å². The van der Waals surface area contributed by atoms with Crippen LogP contribution in [-0.4, -0.2) is 23.1 Å². The third-order valence-corrected chi connectivity index (χ3v) is 2.89. The summed E-state index contributed by atoms with van der Waals surface area (Å²) in [7, 11) is 1.52. The number of ether oxygens (including phenoxy) is 1. The van der Waals surface area contributed by atoms with Crippen LogP contribution in [-0.2, 0) is 6.42 Å². The third kappa shape index (κ3) is 3.13. The molecule has 4 nitrogen and oxygen atoms in total. The molecule has 0 amide bonds. The predicted molar refractivity (Wildman–Crippen MR) is 70.8 cm³/mol. The number of ketones is 1. The molecule has 0 N–H and O–H groups in total. The van der Waals surface area contributed by atoms with Gasteiger partial charge in [0.2, 0.25) is 5.88 Å². The minimum absolute atomic E-state index is 0.00997. The van der Waals surface area contributed by atoms with Crippen LogP contribution in [0.15, 0.2) is 40.9 Å². The lowest BCUT2D eigenvalue weighted by molar-refractivity contribution is 0.0991. The summed E-state index contributed by atoms with van der Waals surface area (Å²) in [6.07, 6.45) is 0.230. The van der Waals surface area contributed by atoms with Crippen molar-refractivity contribution in [1.29, 1.82) is 0 Å². The van der Waals surface area contributed by atoms with Crippen LogP contribution in [0.5, 0.6) is 5.88 Å². The Labute approximate surface area is 113 Å². The van der Waals surface area contributed by atoms with E-state index in [0.29, 0.717) is 17.1 Å². The first kappa shape index (κ1) is 12.7. The molecule has 1 aromatic heterocycles. The van der Waals surface area contributed by atoms with Crippen LogP contribution < -0.4 is 4.74 Å². The monoisotopic (exact) mass is 306 g/mol. The second-order valence-corrected chi connectivity index (χ2v) is 4.59. The second-order valence-electron chi connectivity index (χ2n) is 3.68. The highest BCUT2D eigenvalue weighted by molar-refractivity contribution is 9.10. The van der Waals surface area contributed by atoms with Crippen LogP contribution in [0.4, 0.5) is 0 Å². The largest absolute Gasteiger partial charge is 0.480 e. The van der Waals surface area contributed by atoms with E-state index in [0.717, 1.165) is 4.47 Å². The molecule has 2 rings (SSSR count). The van der Waals surface area contributed by atoms with Crippen LogP contribution in [0.2, 0.25) is 0 Å². The molecule has 0 fully saturated rings. The van der Waals surface area contributed by atoms with E-state index in [1.54, 1.807) is 24.3 Å². The van der Waals surface area contributed by atoms with E-state index in [1.807, 2.05) is 12.1 Å². The Morgan fingerprint density at radius 2 is 2.11 bits per heavy atom. The average Bonchev–Trinajstić information content (AvgIpc) is 2.39. The lowest BCUT2D eigenvalue weighted by atomic mass is 10.1. The fourth-order valence-electron chi connectivity index (χ4n) is 1.48. The number of hydrogen-bond acceptors (Lipinski definition) is 4. The average molecular weight is 307 g/mol. The molecule has 0 aliphatic heterocycles. The van der Waals surface area contributed by atoms with Gasteiger partial charge in [-0.15, -0.1) is 5.10 Å². The summed E-state index contributed by atoms with van der Waals surface area (Å²) in [5.41, 5.74) is 1.28. The Morgan fingerprint density at radius 1 is 1.28 bits per heavy atom. The van der Waals surface area contributed by atoms with Crippen molar-refractivity contribution in [1.82, 2.24) is 10.2 Å². The smallest absolute Gasteiger partial charge is 0.233 e. The summed E-state index contributed by atoms with van der Waals surface area (Å²) in [4.78, 5) is 12.0. The highest BCUT2D eigenvalue weighted by Crippen LogP contribution is 2.14. The molecule has 0 unspecified atom stereocenters. The molecule has 2 aromatic rings. The molecule has 0 bridgehead atoms. The zero-order valence-electron chi connectivity index (χ0n) is 9.76. The summed E-state index contributed by atoms with van der Waals surface area (Å²) >= 11 is 3.34. The maximum Gasteiger partial charge on any atom is 0.233 e. The molecular weight excluding hydrogens is 296 g/mol. The number of carbonyl (C=O) groups is 1. The van der Waals surface area contributed by atoms with Crippen molar-refractivity contribution in [2.75, 3.05) is 7.11 Å². The van der Waals surface area contributed by atoms with E-state index in [4.69, 9.17) is 4.74 Å². The van der Waals surface area contributed by atoms with Crippen molar-refractivity contribution in [2.24, 2.45) is 0 Å². The molecule has 18 heavy (non-hydrogen) atoms. The van der Waals surface area contributed by atoms with Gasteiger partial charge in [-0.1, -0.05) is 28.1 Å². The van der Waals surface area contributed by atoms with Gasteiger partial charge in [0, 0.05) is 16.1 Å². The first-order chi connectivity index (χ1) is 8.69. The van der Waals surface area contributed by atoms with Gasteiger partial charge in [-0.2, -0.15) is 5.10 Å². The normalized spacial score (nSPS) is 10.1. The fraction of sp³-hybridized carbons (Fsp3) is 0.154. The van der Waals surface area contributed by atoms with Crippen molar-refractivity contribution < 1.29 is 9.53 Å². The molecule has 0 aliphatic carbocycles. The predicted octanol–water partition coefficient (Wildman–Crippen LogP) is 2.67. The molecule has 0 spiro atoms. The zero-order chi connectivity index (χ0) is 13.0. The Morgan fingerprint density at radius 3 is 2.72 bits per heavy atom. The topological polar surface area (TPSA) is 52.1 Å². The second kappa shape index (κ2) is 5.73. The Hall–Kier alpha value is -1.75. The lowest BCUT2D eigenvalue weighted by Crippen LogP contribution is -2.06. The van der Waals surface area contributed by atoms with Gasteiger partial charge in [0.25, 0.3) is 0 Å². The first-order valence-electron chi connectivity index (χ1n) is 5.34. The Balaban J connectivity index is 2.11. The zero-order valence-corrected chi connectivity index (χ0v) is 11.3. The summed E-state index contributed by atoms with van der Waals surface area (Å²) in [6, 6.07) is 10.7. The van der Waals surface area contributed by atoms with Crippen molar-refractivity contribution in [3.05, 3.63) is 52.1 Å². The number of carbonyl (C=O) groups excluding carboxylic acids is 1. The van der Waals surface area contributed by atoms with E-state index in [1.165, 1.54) is 7.11 Å². The maximum absolute atomic E-state index is 12.0. The van der Waals surface area contributed by atoms with Gasteiger partial charge in [-0.25, -0.2) is 0 Å². The SMILES string of the molecule is COc1ccc(CC(=O)c2cccc(Br)c2)nn1. The van der Waals surface area contributed by atoms with Gasteiger partial charge < -0.3 is 4.74 Å².